The Morgan fingerprint density at radius 2 is 2.00 bits per heavy atom. The van der Waals surface area contributed by atoms with Crippen LogP contribution in [-0.2, 0) is 9.59 Å². The number of carbonyl (C=O) groups is 2. The summed E-state index contributed by atoms with van der Waals surface area (Å²) in [5, 5.41) is -0.0380. The SMILES string of the molecule is CCCCN(C(=O)C1CC(=O)N(c2ccc(F)c(Cl)c2)C1)c1ccccc1. The van der Waals surface area contributed by atoms with Crippen LogP contribution in [0.4, 0.5) is 15.8 Å². The minimum absolute atomic E-state index is 0.0380. The lowest BCUT2D eigenvalue weighted by molar-refractivity contribution is -0.124. The van der Waals surface area contributed by atoms with Crippen molar-refractivity contribution >= 4 is 34.8 Å². The Hall–Kier alpha value is -2.40. The van der Waals surface area contributed by atoms with Gasteiger partial charge in [0, 0.05) is 30.9 Å². The lowest BCUT2D eigenvalue weighted by atomic mass is 10.1. The van der Waals surface area contributed by atoms with Crippen molar-refractivity contribution < 1.29 is 14.0 Å². The largest absolute Gasteiger partial charge is 0.312 e. The Bertz CT molecular complexity index is 828. The van der Waals surface area contributed by atoms with E-state index in [0.717, 1.165) is 18.5 Å². The number of anilines is 2. The van der Waals surface area contributed by atoms with Crippen molar-refractivity contribution in [3.63, 3.8) is 0 Å². The summed E-state index contributed by atoms with van der Waals surface area (Å²) in [4.78, 5) is 28.9. The highest BCUT2D eigenvalue weighted by molar-refractivity contribution is 6.31. The number of hydrogen-bond donors (Lipinski definition) is 0. The predicted octanol–water partition coefficient (Wildman–Crippen LogP) is 4.67. The molecular formula is C21H22ClFN2O2. The molecule has 0 aliphatic carbocycles. The van der Waals surface area contributed by atoms with Crippen LogP contribution in [0.15, 0.2) is 48.5 Å². The zero-order valence-corrected chi connectivity index (χ0v) is 16.0. The van der Waals surface area contributed by atoms with E-state index in [1.54, 1.807) is 4.90 Å². The number of benzene rings is 2. The Kier molecular flexibility index (Phi) is 6.11. The number of hydrogen-bond acceptors (Lipinski definition) is 2. The number of unbranched alkanes of at least 4 members (excludes halogenated alkanes) is 1. The van der Waals surface area contributed by atoms with Crippen LogP contribution in [-0.4, -0.2) is 24.9 Å². The summed E-state index contributed by atoms with van der Waals surface area (Å²) < 4.78 is 13.4. The van der Waals surface area contributed by atoms with E-state index in [-0.39, 0.29) is 29.8 Å². The molecule has 4 nitrogen and oxygen atoms in total. The Morgan fingerprint density at radius 3 is 2.67 bits per heavy atom. The smallest absolute Gasteiger partial charge is 0.232 e. The third kappa shape index (κ3) is 4.30. The van der Waals surface area contributed by atoms with Crippen molar-refractivity contribution in [3.8, 4) is 0 Å². The monoisotopic (exact) mass is 388 g/mol. The Morgan fingerprint density at radius 1 is 1.26 bits per heavy atom. The van der Waals surface area contributed by atoms with Crippen molar-refractivity contribution in [2.45, 2.75) is 26.2 Å². The molecule has 6 heteroatoms. The lowest BCUT2D eigenvalue weighted by Gasteiger charge is -2.26. The second-order valence-electron chi connectivity index (χ2n) is 6.68. The summed E-state index contributed by atoms with van der Waals surface area (Å²) in [6, 6.07) is 13.7. The Balaban J connectivity index is 1.79. The summed E-state index contributed by atoms with van der Waals surface area (Å²) in [7, 11) is 0. The molecule has 3 rings (SSSR count). The van der Waals surface area contributed by atoms with Crippen molar-refractivity contribution in [2.75, 3.05) is 22.9 Å². The lowest BCUT2D eigenvalue weighted by Crippen LogP contribution is -2.38. The van der Waals surface area contributed by atoms with Crippen LogP contribution in [0.3, 0.4) is 0 Å². The van der Waals surface area contributed by atoms with E-state index in [2.05, 4.69) is 6.92 Å². The van der Waals surface area contributed by atoms with Gasteiger partial charge in [-0.25, -0.2) is 4.39 Å². The molecular weight excluding hydrogens is 367 g/mol. The highest BCUT2D eigenvalue weighted by atomic mass is 35.5. The summed E-state index contributed by atoms with van der Waals surface area (Å²) >= 11 is 5.84. The molecule has 1 fully saturated rings. The molecule has 0 spiro atoms. The fraction of sp³-hybridized carbons (Fsp3) is 0.333. The van der Waals surface area contributed by atoms with Crippen LogP contribution >= 0.6 is 11.6 Å². The van der Waals surface area contributed by atoms with Gasteiger partial charge in [-0.1, -0.05) is 43.1 Å². The van der Waals surface area contributed by atoms with E-state index in [0.29, 0.717) is 12.2 Å². The van der Waals surface area contributed by atoms with E-state index >= 15 is 0 Å². The molecule has 1 heterocycles. The van der Waals surface area contributed by atoms with Crippen LogP contribution in [0.25, 0.3) is 0 Å². The molecule has 0 saturated carbocycles. The third-order valence-corrected chi connectivity index (χ3v) is 5.05. The van der Waals surface area contributed by atoms with E-state index in [1.807, 2.05) is 30.3 Å². The standard InChI is InChI=1S/C21H22ClFN2O2/c1-2-3-11-24(16-7-5-4-6-8-16)21(27)15-12-20(26)25(14-15)17-9-10-19(23)18(22)13-17/h4-10,13,15H,2-3,11-12,14H2,1H3. The molecule has 0 bridgehead atoms. The van der Waals surface area contributed by atoms with Crippen molar-refractivity contribution in [2.24, 2.45) is 5.92 Å². The minimum Gasteiger partial charge on any atom is -0.312 e. The van der Waals surface area contributed by atoms with Crippen molar-refractivity contribution in [1.82, 2.24) is 0 Å². The van der Waals surface area contributed by atoms with Crippen LogP contribution in [0.2, 0.25) is 5.02 Å². The normalized spacial score (nSPS) is 16.6. The maximum atomic E-state index is 13.4. The Labute approximate surface area is 163 Å². The first kappa shape index (κ1) is 19.4. The van der Waals surface area contributed by atoms with Gasteiger partial charge in [-0.2, -0.15) is 0 Å². The second kappa shape index (κ2) is 8.53. The van der Waals surface area contributed by atoms with Crippen LogP contribution < -0.4 is 9.80 Å². The van der Waals surface area contributed by atoms with E-state index < -0.39 is 11.7 Å². The van der Waals surface area contributed by atoms with Gasteiger partial charge in [-0.15, -0.1) is 0 Å². The van der Waals surface area contributed by atoms with Crippen LogP contribution in [0, 0.1) is 11.7 Å². The third-order valence-electron chi connectivity index (χ3n) is 4.76. The van der Waals surface area contributed by atoms with E-state index in [9.17, 15) is 14.0 Å². The molecule has 0 N–H and O–H groups in total. The quantitative estimate of drug-likeness (QED) is 0.721. The maximum Gasteiger partial charge on any atom is 0.232 e. The fourth-order valence-corrected chi connectivity index (χ4v) is 3.46. The van der Waals surface area contributed by atoms with Gasteiger partial charge in [0.2, 0.25) is 11.8 Å². The van der Waals surface area contributed by atoms with Gasteiger partial charge in [0.15, 0.2) is 0 Å². The number of para-hydroxylation sites is 1. The number of amides is 2. The molecule has 2 aromatic rings. The molecule has 27 heavy (non-hydrogen) atoms. The number of rotatable bonds is 6. The molecule has 0 aromatic heterocycles. The second-order valence-corrected chi connectivity index (χ2v) is 7.09. The first-order chi connectivity index (χ1) is 13.0. The highest BCUT2D eigenvalue weighted by Crippen LogP contribution is 2.30. The molecule has 0 radical (unpaired) electrons. The molecule has 1 unspecified atom stereocenters. The maximum absolute atomic E-state index is 13.4. The average molecular weight is 389 g/mol. The summed E-state index contributed by atoms with van der Waals surface area (Å²) in [5.74, 6) is -1.17. The van der Waals surface area contributed by atoms with Crippen LogP contribution in [0.1, 0.15) is 26.2 Å². The first-order valence-electron chi connectivity index (χ1n) is 9.13. The summed E-state index contributed by atoms with van der Waals surface area (Å²) in [5.41, 5.74) is 1.35. The average Bonchev–Trinajstić information content (AvgIpc) is 3.07. The van der Waals surface area contributed by atoms with E-state index in [4.69, 9.17) is 11.6 Å². The zero-order valence-electron chi connectivity index (χ0n) is 15.2. The zero-order chi connectivity index (χ0) is 19.4. The van der Waals surface area contributed by atoms with Crippen molar-refractivity contribution in [3.05, 3.63) is 59.4 Å². The van der Waals surface area contributed by atoms with Gasteiger partial charge in [-0.3, -0.25) is 9.59 Å². The molecule has 2 amide bonds. The number of halogens is 2. The highest BCUT2D eigenvalue weighted by Gasteiger charge is 2.37. The van der Waals surface area contributed by atoms with Gasteiger partial charge in [0.25, 0.3) is 0 Å². The van der Waals surface area contributed by atoms with E-state index in [1.165, 1.54) is 23.1 Å². The topological polar surface area (TPSA) is 40.6 Å². The molecule has 1 aliphatic heterocycles. The number of carbonyl (C=O) groups excluding carboxylic acids is 2. The summed E-state index contributed by atoms with van der Waals surface area (Å²) in [6.45, 7) is 2.97. The number of nitrogens with zero attached hydrogens (tertiary/aromatic N) is 2. The molecule has 1 saturated heterocycles. The minimum atomic E-state index is -0.533. The molecule has 1 aliphatic rings. The fourth-order valence-electron chi connectivity index (χ4n) is 3.29. The van der Waals surface area contributed by atoms with Gasteiger partial charge in [-0.05, 0) is 36.8 Å². The molecule has 2 aromatic carbocycles. The van der Waals surface area contributed by atoms with Gasteiger partial charge < -0.3 is 9.80 Å². The van der Waals surface area contributed by atoms with Gasteiger partial charge in [0.05, 0.1) is 10.9 Å². The first-order valence-corrected chi connectivity index (χ1v) is 9.51. The van der Waals surface area contributed by atoms with Crippen LogP contribution in [0.5, 0.6) is 0 Å². The predicted molar refractivity (Wildman–Crippen MR) is 106 cm³/mol. The molecule has 1 atom stereocenters. The summed E-state index contributed by atoms with van der Waals surface area (Å²) in [6.07, 6.45) is 2.00. The van der Waals surface area contributed by atoms with Crippen molar-refractivity contribution in [1.29, 1.82) is 0 Å². The molecule has 142 valence electrons. The van der Waals surface area contributed by atoms with Gasteiger partial charge >= 0.3 is 0 Å². The van der Waals surface area contributed by atoms with Gasteiger partial charge in [0.1, 0.15) is 5.82 Å².